The van der Waals surface area contributed by atoms with Gasteiger partial charge < -0.3 is 37.9 Å². The second-order valence-electron chi connectivity index (χ2n) is 22.0. The first kappa shape index (κ1) is 65.4. The summed E-state index contributed by atoms with van der Waals surface area (Å²) in [5, 5.41) is 0. The van der Waals surface area contributed by atoms with Crippen LogP contribution < -0.4 is 0 Å². The lowest BCUT2D eigenvalue weighted by atomic mass is 9.95. The van der Waals surface area contributed by atoms with Crippen molar-refractivity contribution in [3.63, 3.8) is 0 Å². The van der Waals surface area contributed by atoms with Crippen molar-refractivity contribution < 1.29 is 47.5 Å². The molecule has 1 saturated heterocycles. The van der Waals surface area contributed by atoms with Gasteiger partial charge in [0.15, 0.2) is 6.10 Å². The summed E-state index contributed by atoms with van der Waals surface area (Å²) in [4.78, 5) is 27.2. The van der Waals surface area contributed by atoms with Crippen molar-refractivity contribution in [3.05, 3.63) is 144 Å². The van der Waals surface area contributed by atoms with Gasteiger partial charge in [0.2, 0.25) is 5.79 Å². The quantitative estimate of drug-likeness (QED) is 0.0313. The standard InChI is InChI=1S/C69H102O10/c1-3-5-7-9-11-13-15-17-19-21-23-25-39-49-65(70)74-55-63(79-66(71)50-40-26-24-22-20-18-16-14-12-10-8-6-4-2)56-77-69(58-72-51-59-41-31-27-32-42-59)68(76-54-62-47-37-30-38-48-62)67(75-53-61-45-35-29-36-46-61)64(57-78-69)73-52-60-43-33-28-34-44-60/h27-38,41-48,63-64,67-68H,3-26,39-40,49-58H2,1-2H3/t63?,64-,67-,68+,69-/m1/s1. The van der Waals surface area contributed by atoms with Gasteiger partial charge in [0.25, 0.3) is 0 Å². The van der Waals surface area contributed by atoms with E-state index in [1.54, 1.807) is 0 Å². The number of rotatable bonds is 47. The monoisotopic (exact) mass is 1090 g/mol. The highest BCUT2D eigenvalue weighted by molar-refractivity contribution is 5.70. The molecule has 1 fully saturated rings. The van der Waals surface area contributed by atoms with Crippen LogP contribution in [0.3, 0.4) is 0 Å². The molecule has 5 rings (SSSR count). The van der Waals surface area contributed by atoms with Crippen LogP contribution in [0.2, 0.25) is 0 Å². The highest BCUT2D eigenvalue weighted by atomic mass is 16.8. The summed E-state index contributed by atoms with van der Waals surface area (Å²) in [6, 6.07) is 40.0. The zero-order valence-electron chi connectivity index (χ0n) is 48.9. The smallest absolute Gasteiger partial charge is 0.306 e. The maximum absolute atomic E-state index is 13.8. The fourth-order valence-corrected chi connectivity index (χ4v) is 10.3. The number of carbonyl (C=O) groups excluding carboxylic acids is 2. The largest absolute Gasteiger partial charge is 0.462 e. The van der Waals surface area contributed by atoms with Gasteiger partial charge >= 0.3 is 11.9 Å². The van der Waals surface area contributed by atoms with Crippen molar-refractivity contribution in [2.45, 2.75) is 250 Å². The highest BCUT2D eigenvalue weighted by Crippen LogP contribution is 2.36. The number of carbonyl (C=O) groups is 2. The molecule has 0 radical (unpaired) electrons. The third-order valence-corrected chi connectivity index (χ3v) is 15.1. The van der Waals surface area contributed by atoms with Crippen LogP contribution in [0.1, 0.15) is 216 Å². The highest BCUT2D eigenvalue weighted by Gasteiger charge is 2.55. The normalized spacial score (nSPS) is 17.6. The number of hydrogen-bond donors (Lipinski definition) is 0. The third-order valence-electron chi connectivity index (χ3n) is 15.1. The summed E-state index contributed by atoms with van der Waals surface area (Å²) in [7, 11) is 0. The molecule has 1 heterocycles. The molecule has 0 saturated carbocycles. The van der Waals surface area contributed by atoms with Crippen molar-refractivity contribution in [2.75, 3.05) is 26.4 Å². The van der Waals surface area contributed by atoms with Crippen LogP contribution in [0.5, 0.6) is 0 Å². The zero-order chi connectivity index (χ0) is 55.5. The van der Waals surface area contributed by atoms with Gasteiger partial charge in [-0.2, -0.15) is 0 Å². The molecule has 10 nitrogen and oxygen atoms in total. The molecule has 0 N–H and O–H groups in total. The fraction of sp³-hybridized carbons (Fsp3) is 0.623. The Kier molecular flexibility index (Phi) is 35.1. The number of hydrogen-bond acceptors (Lipinski definition) is 10. The second-order valence-corrected chi connectivity index (χ2v) is 22.0. The average molecular weight is 1090 g/mol. The zero-order valence-corrected chi connectivity index (χ0v) is 48.9. The van der Waals surface area contributed by atoms with Crippen LogP contribution in [0.25, 0.3) is 0 Å². The predicted octanol–water partition coefficient (Wildman–Crippen LogP) is 17.1. The number of unbranched alkanes of at least 4 members (excludes halogenated alkanes) is 24. The third kappa shape index (κ3) is 28.7. The fourth-order valence-electron chi connectivity index (χ4n) is 10.3. The van der Waals surface area contributed by atoms with Crippen LogP contribution >= 0.6 is 0 Å². The average Bonchev–Trinajstić information content (AvgIpc) is 3.52. The van der Waals surface area contributed by atoms with Gasteiger partial charge in [0.05, 0.1) is 39.6 Å². The maximum atomic E-state index is 13.8. The molecule has 0 spiro atoms. The Morgan fingerprint density at radius 3 is 1.28 bits per heavy atom. The molecular weight excluding hydrogens is 989 g/mol. The van der Waals surface area contributed by atoms with Gasteiger partial charge in [-0.25, -0.2) is 0 Å². The predicted molar refractivity (Wildman–Crippen MR) is 317 cm³/mol. The molecule has 0 amide bonds. The topological polar surface area (TPSA) is 108 Å². The van der Waals surface area contributed by atoms with E-state index in [1.807, 2.05) is 121 Å². The summed E-state index contributed by atoms with van der Waals surface area (Å²) in [6.45, 7) is 5.33. The van der Waals surface area contributed by atoms with Crippen molar-refractivity contribution in [3.8, 4) is 0 Å². The Morgan fingerprint density at radius 2 is 0.835 bits per heavy atom. The minimum Gasteiger partial charge on any atom is -0.462 e. The molecule has 5 atom stereocenters. The van der Waals surface area contributed by atoms with Crippen LogP contribution in [0.4, 0.5) is 0 Å². The molecule has 1 aliphatic rings. The van der Waals surface area contributed by atoms with E-state index in [9.17, 15) is 9.59 Å². The van der Waals surface area contributed by atoms with Crippen molar-refractivity contribution in [1.29, 1.82) is 0 Å². The molecule has 10 heteroatoms. The molecule has 1 unspecified atom stereocenters. The van der Waals surface area contributed by atoms with Crippen LogP contribution in [-0.2, 0) is 73.9 Å². The van der Waals surface area contributed by atoms with Crippen molar-refractivity contribution >= 4 is 11.9 Å². The van der Waals surface area contributed by atoms with E-state index in [4.69, 9.17) is 37.9 Å². The van der Waals surface area contributed by atoms with Gasteiger partial charge in [0.1, 0.15) is 31.5 Å². The van der Waals surface area contributed by atoms with E-state index >= 15 is 0 Å². The SMILES string of the molecule is CCCCCCCCCCCCCCCC(=O)OCC(CO[C@]1(COCc2ccccc2)OC[C@@H](OCc2ccccc2)[C@@H](OCc2ccccc2)[C@@H]1OCc1ccccc1)OC(=O)CCCCCCCCCCCCCCC. The van der Waals surface area contributed by atoms with E-state index in [1.165, 1.54) is 128 Å². The van der Waals surface area contributed by atoms with Crippen molar-refractivity contribution in [2.24, 2.45) is 0 Å². The van der Waals surface area contributed by atoms with E-state index in [2.05, 4.69) is 13.8 Å². The van der Waals surface area contributed by atoms with Gasteiger partial charge in [-0.05, 0) is 35.1 Å². The van der Waals surface area contributed by atoms with Gasteiger partial charge in [-0.15, -0.1) is 0 Å². The molecule has 4 aromatic carbocycles. The van der Waals surface area contributed by atoms with E-state index in [0.29, 0.717) is 13.0 Å². The van der Waals surface area contributed by atoms with Crippen molar-refractivity contribution in [1.82, 2.24) is 0 Å². The second kappa shape index (κ2) is 42.4. The molecule has 0 aromatic heterocycles. The van der Waals surface area contributed by atoms with Gasteiger partial charge in [-0.3, -0.25) is 9.59 Å². The summed E-state index contributed by atoms with van der Waals surface area (Å²) in [5.74, 6) is -2.25. The van der Waals surface area contributed by atoms with Gasteiger partial charge in [0, 0.05) is 12.8 Å². The summed E-state index contributed by atoms with van der Waals surface area (Å²) in [6.07, 6.45) is 29.1. The molecule has 0 aliphatic carbocycles. The Bertz CT molecular complexity index is 2070. The van der Waals surface area contributed by atoms with Gasteiger partial charge in [-0.1, -0.05) is 289 Å². The summed E-state index contributed by atoms with van der Waals surface area (Å²) in [5.41, 5.74) is 3.93. The first-order valence-electron chi connectivity index (χ1n) is 31.2. The number of ether oxygens (including phenoxy) is 8. The van der Waals surface area contributed by atoms with E-state index in [-0.39, 0.29) is 64.6 Å². The first-order chi connectivity index (χ1) is 39.0. The molecule has 1 aliphatic heterocycles. The molecular formula is C69H102O10. The Morgan fingerprint density at radius 1 is 0.456 bits per heavy atom. The lowest BCUT2D eigenvalue weighted by molar-refractivity contribution is -0.373. The minimum absolute atomic E-state index is 0.0591. The molecule has 4 aromatic rings. The Labute approximate surface area is 477 Å². The maximum Gasteiger partial charge on any atom is 0.306 e. The van der Waals surface area contributed by atoms with E-state index in [0.717, 1.165) is 60.8 Å². The van der Waals surface area contributed by atoms with Crippen LogP contribution in [0, 0.1) is 0 Å². The van der Waals surface area contributed by atoms with Crippen LogP contribution in [-0.4, -0.2) is 68.6 Å². The molecule has 0 bridgehead atoms. The van der Waals surface area contributed by atoms with Crippen LogP contribution in [0.15, 0.2) is 121 Å². The summed E-state index contributed by atoms with van der Waals surface area (Å²) >= 11 is 0. The lowest BCUT2D eigenvalue weighted by Gasteiger charge is -2.49. The lowest BCUT2D eigenvalue weighted by Crippen LogP contribution is -2.66. The summed E-state index contributed by atoms with van der Waals surface area (Å²) < 4.78 is 53.3. The molecule has 438 valence electrons. The number of esters is 2. The first-order valence-corrected chi connectivity index (χ1v) is 31.2. The van der Waals surface area contributed by atoms with E-state index < -0.39 is 30.2 Å². The number of benzene rings is 4. The Hall–Kier alpha value is -4.42. The molecule has 79 heavy (non-hydrogen) atoms. The Balaban J connectivity index is 1.29. The minimum atomic E-state index is -1.59.